The van der Waals surface area contributed by atoms with Crippen LogP contribution in [0.5, 0.6) is 0 Å². The fourth-order valence-corrected chi connectivity index (χ4v) is 2.94. The fourth-order valence-electron chi connectivity index (χ4n) is 2.83. The van der Waals surface area contributed by atoms with Gasteiger partial charge in [-0.15, -0.1) is 0 Å². The van der Waals surface area contributed by atoms with Gasteiger partial charge in [-0.3, -0.25) is 0 Å². The van der Waals surface area contributed by atoms with Gasteiger partial charge in [-0.1, -0.05) is 17.7 Å². The van der Waals surface area contributed by atoms with Crippen LogP contribution >= 0.6 is 11.6 Å². The van der Waals surface area contributed by atoms with Gasteiger partial charge < -0.3 is 4.57 Å². The minimum atomic E-state index is -4.54. The van der Waals surface area contributed by atoms with Crippen LogP contribution in [0.1, 0.15) is 11.1 Å². The number of hydrogen-bond donors (Lipinski definition) is 0. The van der Waals surface area contributed by atoms with Crippen molar-refractivity contribution in [3.05, 3.63) is 81.8 Å². The van der Waals surface area contributed by atoms with Crippen molar-refractivity contribution in [2.24, 2.45) is 0 Å². The Balaban J connectivity index is 1.78. The Hall–Kier alpha value is -3.20. The second kappa shape index (κ2) is 6.75. The predicted octanol–water partition coefficient (Wildman–Crippen LogP) is 3.65. The first-order valence-corrected chi connectivity index (χ1v) is 8.43. The average molecular weight is 406 g/mol. The first-order chi connectivity index (χ1) is 13.3. The lowest BCUT2D eigenvalue weighted by Crippen LogP contribution is -2.17. The summed E-state index contributed by atoms with van der Waals surface area (Å²) in [5.74, 6) is 0.176. The standard InChI is InChI=1S/C18H11ClF3N5O/c19-14-4-3-11(9-24-14)10-26-7-1-2-13-16(26)25-17(28)27(13)15-8-12(5-6-23-15)18(20,21)22/h1-9H,10H2. The Bertz CT molecular complexity index is 1170. The van der Waals surface area contributed by atoms with Gasteiger partial charge in [-0.25, -0.2) is 19.3 Å². The predicted molar refractivity (Wildman–Crippen MR) is 95.6 cm³/mol. The van der Waals surface area contributed by atoms with Gasteiger partial charge in [0.05, 0.1) is 17.8 Å². The van der Waals surface area contributed by atoms with Crippen LogP contribution in [-0.4, -0.2) is 24.1 Å². The van der Waals surface area contributed by atoms with E-state index in [1.807, 2.05) is 0 Å². The molecular formula is C18H11ClF3N5O. The summed E-state index contributed by atoms with van der Waals surface area (Å²) in [4.78, 5) is 24.4. The maximum absolute atomic E-state index is 13.0. The zero-order valence-corrected chi connectivity index (χ0v) is 14.8. The Morgan fingerprint density at radius 1 is 1.11 bits per heavy atom. The topological polar surface area (TPSA) is 65.6 Å². The second-order valence-corrected chi connectivity index (χ2v) is 6.35. The SMILES string of the molecule is O=c1nc2n(Cc3ccc(Cl)nc3)cccc-2n1-c1cc(C(F)(F)F)ccn1. The molecule has 0 bridgehead atoms. The highest BCUT2D eigenvalue weighted by atomic mass is 35.5. The molecule has 28 heavy (non-hydrogen) atoms. The number of imidazole rings is 1. The number of alkyl halides is 3. The van der Waals surface area contributed by atoms with Gasteiger partial charge in [0.15, 0.2) is 5.82 Å². The van der Waals surface area contributed by atoms with E-state index >= 15 is 0 Å². The molecule has 0 fully saturated rings. The highest BCUT2D eigenvalue weighted by Crippen LogP contribution is 2.30. The van der Waals surface area contributed by atoms with E-state index in [0.29, 0.717) is 23.2 Å². The normalized spacial score (nSPS) is 11.9. The van der Waals surface area contributed by atoms with E-state index in [-0.39, 0.29) is 5.82 Å². The molecule has 4 rings (SSSR count). The van der Waals surface area contributed by atoms with Crippen LogP contribution in [-0.2, 0) is 12.7 Å². The molecule has 2 aromatic rings. The van der Waals surface area contributed by atoms with E-state index in [1.165, 1.54) is 0 Å². The van der Waals surface area contributed by atoms with Crippen molar-refractivity contribution in [3.8, 4) is 17.3 Å². The summed E-state index contributed by atoms with van der Waals surface area (Å²) in [6, 6.07) is 8.37. The van der Waals surface area contributed by atoms with E-state index in [2.05, 4.69) is 15.0 Å². The molecule has 0 aliphatic carbocycles. The Morgan fingerprint density at radius 3 is 2.64 bits per heavy atom. The first-order valence-electron chi connectivity index (χ1n) is 8.05. The lowest BCUT2D eigenvalue weighted by molar-refractivity contribution is -0.137. The third kappa shape index (κ3) is 3.36. The molecule has 0 spiro atoms. The van der Waals surface area contributed by atoms with Crippen LogP contribution in [0.25, 0.3) is 17.3 Å². The number of rotatable bonds is 3. The number of halogens is 4. The minimum Gasteiger partial charge on any atom is -0.327 e. The summed E-state index contributed by atoms with van der Waals surface area (Å²) in [5, 5.41) is 0.355. The maximum Gasteiger partial charge on any atom is 0.416 e. The lowest BCUT2D eigenvalue weighted by atomic mass is 10.2. The highest BCUT2D eigenvalue weighted by molar-refractivity contribution is 6.29. The van der Waals surface area contributed by atoms with Gasteiger partial charge >= 0.3 is 11.9 Å². The molecule has 0 unspecified atom stereocenters. The lowest BCUT2D eigenvalue weighted by Gasteiger charge is -2.13. The van der Waals surface area contributed by atoms with Crippen molar-refractivity contribution in [3.63, 3.8) is 0 Å². The van der Waals surface area contributed by atoms with Gasteiger partial charge in [-0.2, -0.15) is 18.2 Å². The van der Waals surface area contributed by atoms with Crippen molar-refractivity contribution in [1.29, 1.82) is 0 Å². The van der Waals surface area contributed by atoms with Crippen molar-refractivity contribution < 1.29 is 13.2 Å². The van der Waals surface area contributed by atoms with Gasteiger partial charge in [0.25, 0.3) is 0 Å². The Kier molecular flexibility index (Phi) is 4.38. The van der Waals surface area contributed by atoms with Crippen molar-refractivity contribution in [1.82, 2.24) is 24.1 Å². The summed E-state index contributed by atoms with van der Waals surface area (Å²) in [6.45, 7) is 0.355. The van der Waals surface area contributed by atoms with Gasteiger partial charge in [0.1, 0.15) is 11.0 Å². The summed E-state index contributed by atoms with van der Waals surface area (Å²) in [7, 11) is 0. The largest absolute Gasteiger partial charge is 0.416 e. The van der Waals surface area contributed by atoms with E-state index < -0.39 is 17.4 Å². The number of hydrogen-bond acceptors (Lipinski definition) is 4. The summed E-state index contributed by atoms with van der Waals surface area (Å²) >= 11 is 5.78. The molecule has 0 N–H and O–H groups in total. The fraction of sp³-hybridized carbons (Fsp3) is 0.111. The zero-order chi connectivity index (χ0) is 19.9. The monoisotopic (exact) mass is 405 g/mol. The Morgan fingerprint density at radius 2 is 1.93 bits per heavy atom. The molecule has 2 aromatic heterocycles. The van der Waals surface area contributed by atoms with Crippen molar-refractivity contribution in [2.45, 2.75) is 12.7 Å². The van der Waals surface area contributed by atoms with Crippen LogP contribution in [0.15, 0.2) is 59.8 Å². The van der Waals surface area contributed by atoms with E-state index in [9.17, 15) is 18.0 Å². The Labute approximate surface area is 161 Å². The van der Waals surface area contributed by atoms with E-state index in [0.717, 1.165) is 28.5 Å². The van der Waals surface area contributed by atoms with Crippen LogP contribution in [0, 0.1) is 0 Å². The summed E-state index contributed by atoms with van der Waals surface area (Å²) in [5.41, 5.74) is -0.437. The van der Waals surface area contributed by atoms with Crippen molar-refractivity contribution in [2.75, 3.05) is 0 Å². The van der Waals surface area contributed by atoms with Gasteiger partial charge in [0, 0.05) is 18.6 Å². The number of aromatic nitrogens is 5. The molecule has 4 heterocycles. The molecule has 142 valence electrons. The van der Waals surface area contributed by atoms with Gasteiger partial charge in [0.2, 0.25) is 0 Å². The molecule has 0 radical (unpaired) electrons. The number of pyridine rings is 3. The molecule has 0 atom stereocenters. The molecule has 0 saturated heterocycles. The van der Waals surface area contributed by atoms with Crippen molar-refractivity contribution >= 4 is 11.6 Å². The molecule has 6 nitrogen and oxygen atoms in total. The van der Waals surface area contributed by atoms with E-state index in [4.69, 9.17) is 11.6 Å². The summed E-state index contributed by atoms with van der Waals surface area (Å²) in [6.07, 6.45) is -0.219. The highest BCUT2D eigenvalue weighted by Gasteiger charge is 2.31. The molecule has 0 saturated carbocycles. The molecular weight excluding hydrogens is 395 g/mol. The van der Waals surface area contributed by atoms with Crippen LogP contribution in [0.3, 0.4) is 0 Å². The van der Waals surface area contributed by atoms with E-state index in [1.54, 1.807) is 41.2 Å². The molecule has 0 aromatic carbocycles. The molecule has 10 heteroatoms. The van der Waals surface area contributed by atoms with Crippen LogP contribution in [0.2, 0.25) is 5.15 Å². The second-order valence-electron chi connectivity index (χ2n) is 5.96. The average Bonchev–Trinajstić information content (AvgIpc) is 3.00. The quantitative estimate of drug-likeness (QED) is 0.488. The third-order valence-corrected chi connectivity index (χ3v) is 4.32. The smallest absolute Gasteiger partial charge is 0.327 e. The molecule has 0 amide bonds. The first kappa shape index (κ1) is 18.2. The van der Waals surface area contributed by atoms with Crippen LogP contribution in [0.4, 0.5) is 13.2 Å². The maximum atomic E-state index is 13.0. The van der Waals surface area contributed by atoms with Crippen LogP contribution < -0.4 is 5.69 Å². The molecule has 2 aliphatic heterocycles. The molecule has 2 aliphatic rings. The van der Waals surface area contributed by atoms with Gasteiger partial charge in [-0.05, 0) is 35.9 Å². The third-order valence-electron chi connectivity index (χ3n) is 4.10. The summed E-state index contributed by atoms with van der Waals surface area (Å²) < 4.78 is 41.8. The number of nitrogens with zero attached hydrogens (tertiary/aromatic N) is 5. The zero-order valence-electron chi connectivity index (χ0n) is 14.1. The number of fused-ring (bicyclic) bond motifs is 1. The minimum absolute atomic E-state index is 0.145.